The standard InChI is InChI=1S/C28H29N3O4/c1-19-11-13-21(14-12-19)30-16-20(15-27(30)33)28-29-23-7-3-4-8-24(23)31(28)17-22(32)18-35-26-10-6-5-9-25(26)34-2/h3-14,20,22,32H,15-18H2,1-2H3/t20-,22-/m1/s1. The van der Waals surface area contributed by atoms with Gasteiger partial charge in [-0.2, -0.15) is 0 Å². The van der Waals surface area contributed by atoms with Crippen LogP contribution in [0.3, 0.4) is 0 Å². The lowest BCUT2D eigenvalue weighted by Crippen LogP contribution is -2.26. The summed E-state index contributed by atoms with van der Waals surface area (Å²) in [5.74, 6) is 2.02. The molecule has 180 valence electrons. The smallest absolute Gasteiger partial charge is 0.227 e. The van der Waals surface area contributed by atoms with E-state index in [2.05, 4.69) is 0 Å². The van der Waals surface area contributed by atoms with Crippen LogP contribution in [0.25, 0.3) is 11.0 Å². The number of anilines is 1. The average molecular weight is 472 g/mol. The van der Waals surface area contributed by atoms with Crippen LogP contribution in [-0.2, 0) is 11.3 Å². The monoisotopic (exact) mass is 471 g/mol. The highest BCUT2D eigenvalue weighted by molar-refractivity contribution is 5.96. The fourth-order valence-corrected chi connectivity index (χ4v) is 4.64. The largest absolute Gasteiger partial charge is 0.493 e. The number of amides is 1. The van der Waals surface area contributed by atoms with E-state index in [0.717, 1.165) is 28.1 Å². The number of carbonyl (C=O) groups is 1. The number of aromatic nitrogens is 2. The summed E-state index contributed by atoms with van der Waals surface area (Å²) in [7, 11) is 1.59. The maximum Gasteiger partial charge on any atom is 0.227 e. The van der Waals surface area contributed by atoms with Gasteiger partial charge >= 0.3 is 0 Å². The summed E-state index contributed by atoms with van der Waals surface area (Å²) in [6.07, 6.45) is -0.396. The molecule has 7 nitrogen and oxygen atoms in total. The van der Waals surface area contributed by atoms with Gasteiger partial charge in [0.15, 0.2) is 11.5 Å². The topological polar surface area (TPSA) is 76.8 Å². The molecule has 0 aliphatic carbocycles. The van der Waals surface area contributed by atoms with Crippen LogP contribution >= 0.6 is 0 Å². The normalized spacial score (nSPS) is 16.6. The van der Waals surface area contributed by atoms with Crippen molar-refractivity contribution < 1.29 is 19.4 Å². The van der Waals surface area contributed by atoms with Gasteiger partial charge in [-0.05, 0) is 43.3 Å². The first-order valence-electron chi connectivity index (χ1n) is 11.8. The first-order chi connectivity index (χ1) is 17.0. The molecule has 0 unspecified atom stereocenters. The number of carbonyl (C=O) groups excluding carboxylic acids is 1. The molecule has 1 saturated heterocycles. The summed E-state index contributed by atoms with van der Waals surface area (Å²) in [6, 6.07) is 23.2. The Morgan fingerprint density at radius 2 is 1.74 bits per heavy atom. The Morgan fingerprint density at radius 3 is 2.51 bits per heavy atom. The molecule has 0 spiro atoms. The highest BCUT2D eigenvalue weighted by Crippen LogP contribution is 2.33. The summed E-state index contributed by atoms with van der Waals surface area (Å²) in [4.78, 5) is 19.6. The second kappa shape index (κ2) is 9.80. The van der Waals surface area contributed by atoms with E-state index in [4.69, 9.17) is 14.5 Å². The van der Waals surface area contributed by atoms with Crippen molar-refractivity contribution in [2.45, 2.75) is 31.9 Å². The zero-order valence-corrected chi connectivity index (χ0v) is 19.9. The van der Waals surface area contributed by atoms with Crippen molar-refractivity contribution in [1.29, 1.82) is 0 Å². The van der Waals surface area contributed by atoms with Crippen LogP contribution in [0.4, 0.5) is 5.69 Å². The number of imidazole rings is 1. The molecule has 3 aromatic carbocycles. The van der Waals surface area contributed by atoms with Crippen molar-refractivity contribution in [3.05, 3.63) is 84.2 Å². The van der Waals surface area contributed by atoms with Crippen LogP contribution in [0, 0.1) is 6.92 Å². The molecule has 1 aliphatic rings. The van der Waals surface area contributed by atoms with Gasteiger partial charge < -0.3 is 24.0 Å². The van der Waals surface area contributed by atoms with E-state index < -0.39 is 6.10 Å². The number of methoxy groups -OCH3 is 1. The summed E-state index contributed by atoms with van der Waals surface area (Å²) < 4.78 is 13.2. The van der Waals surface area contributed by atoms with Crippen LogP contribution in [0.5, 0.6) is 11.5 Å². The molecule has 35 heavy (non-hydrogen) atoms. The predicted octanol–water partition coefficient (Wildman–Crippen LogP) is 4.31. The maximum absolute atomic E-state index is 12.9. The number of nitrogens with zero attached hydrogens (tertiary/aromatic N) is 3. The minimum atomic E-state index is -0.776. The lowest BCUT2D eigenvalue weighted by molar-refractivity contribution is -0.117. The molecule has 1 aromatic heterocycles. The maximum atomic E-state index is 12.9. The number of aryl methyl sites for hydroxylation is 1. The Balaban J connectivity index is 1.37. The summed E-state index contributed by atoms with van der Waals surface area (Å²) >= 11 is 0. The Kier molecular flexibility index (Phi) is 6.42. The number of para-hydroxylation sites is 4. The first kappa shape index (κ1) is 22.9. The van der Waals surface area contributed by atoms with E-state index in [9.17, 15) is 9.90 Å². The first-order valence-corrected chi connectivity index (χ1v) is 11.8. The predicted molar refractivity (Wildman–Crippen MR) is 135 cm³/mol. The zero-order chi connectivity index (χ0) is 24.4. The van der Waals surface area contributed by atoms with Crippen LogP contribution < -0.4 is 14.4 Å². The third kappa shape index (κ3) is 4.72. The Morgan fingerprint density at radius 1 is 1.03 bits per heavy atom. The third-order valence-electron chi connectivity index (χ3n) is 6.41. The van der Waals surface area contributed by atoms with Crippen molar-refractivity contribution >= 4 is 22.6 Å². The molecular formula is C28H29N3O4. The number of aliphatic hydroxyl groups is 1. The molecule has 1 aliphatic heterocycles. The molecule has 0 radical (unpaired) electrons. The number of benzene rings is 3. The SMILES string of the molecule is COc1ccccc1OC[C@H](O)Cn1c([C@@H]2CC(=O)N(c3ccc(C)cc3)C2)nc2ccccc21. The molecule has 2 heterocycles. The van der Waals surface area contributed by atoms with Crippen LogP contribution in [0.15, 0.2) is 72.8 Å². The van der Waals surface area contributed by atoms with Gasteiger partial charge in [-0.1, -0.05) is 42.0 Å². The summed E-state index contributed by atoms with van der Waals surface area (Å²) in [5.41, 5.74) is 3.83. The summed E-state index contributed by atoms with van der Waals surface area (Å²) in [6.45, 7) is 2.99. The molecule has 5 rings (SSSR count). The molecule has 1 N–H and O–H groups in total. The van der Waals surface area contributed by atoms with Gasteiger partial charge in [0.2, 0.25) is 5.91 Å². The molecule has 7 heteroatoms. The molecule has 0 bridgehead atoms. The van der Waals surface area contributed by atoms with Gasteiger partial charge in [-0.25, -0.2) is 4.98 Å². The van der Waals surface area contributed by atoms with Gasteiger partial charge in [-0.3, -0.25) is 4.79 Å². The van der Waals surface area contributed by atoms with Gasteiger partial charge in [0.25, 0.3) is 0 Å². The van der Waals surface area contributed by atoms with Gasteiger partial charge in [0.05, 0.1) is 24.7 Å². The minimum Gasteiger partial charge on any atom is -0.493 e. The number of hydrogen-bond acceptors (Lipinski definition) is 5. The second-order valence-electron chi connectivity index (χ2n) is 8.93. The zero-order valence-electron chi connectivity index (χ0n) is 19.9. The molecular weight excluding hydrogens is 442 g/mol. The Labute approximate surface area is 204 Å². The fourth-order valence-electron chi connectivity index (χ4n) is 4.64. The number of aliphatic hydroxyl groups excluding tert-OH is 1. The second-order valence-corrected chi connectivity index (χ2v) is 8.93. The van der Waals surface area contributed by atoms with Crippen molar-refractivity contribution in [2.75, 3.05) is 25.2 Å². The molecule has 4 aromatic rings. The number of rotatable bonds is 8. The molecule has 1 fully saturated rings. The lowest BCUT2D eigenvalue weighted by atomic mass is 10.1. The molecule has 0 saturated carbocycles. The van der Waals surface area contributed by atoms with Gasteiger partial charge in [0.1, 0.15) is 18.5 Å². The van der Waals surface area contributed by atoms with Crippen molar-refractivity contribution in [3.63, 3.8) is 0 Å². The highest BCUT2D eigenvalue weighted by atomic mass is 16.5. The van der Waals surface area contributed by atoms with Crippen LogP contribution in [-0.4, -0.2) is 46.9 Å². The lowest BCUT2D eigenvalue weighted by Gasteiger charge is -2.19. The van der Waals surface area contributed by atoms with E-state index in [0.29, 0.717) is 31.0 Å². The van der Waals surface area contributed by atoms with E-state index in [1.807, 2.05) is 89.2 Å². The number of ether oxygens (including phenoxy) is 2. The van der Waals surface area contributed by atoms with E-state index >= 15 is 0 Å². The fraction of sp³-hybridized carbons (Fsp3) is 0.286. The van der Waals surface area contributed by atoms with Crippen molar-refractivity contribution in [1.82, 2.24) is 9.55 Å². The van der Waals surface area contributed by atoms with Crippen molar-refractivity contribution in [2.24, 2.45) is 0 Å². The molecule has 2 atom stereocenters. The summed E-state index contributed by atoms with van der Waals surface area (Å²) in [5, 5.41) is 10.9. The average Bonchev–Trinajstić information content (AvgIpc) is 3.44. The number of hydrogen-bond donors (Lipinski definition) is 1. The highest BCUT2D eigenvalue weighted by Gasteiger charge is 2.35. The van der Waals surface area contributed by atoms with E-state index in [1.165, 1.54) is 0 Å². The van der Waals surface area contributed by atoms with Gasteiger partial charge in [-0.15, -0.1) is 0 Å². The minimum absolute atomic E-state index is 0.0708. The van der Waals surface area contributed by atoms with Crippen LogP contribution in [0.1, 0.15) is 23.7 Å². The van der Waals surface area contributed by atoms with Gasteiger partial charge in [0, 0.05) is 24.6 Å². The van der Waals surface area contributed by atoms with E-state index in [-0.39, 0.29) is 18.4 Å². The Bertz CT molecular complexity index is 1330. The quantitative estimate of drug-likeness (QED) is 0.414. The molecule has 1 amide bonds. The number of fused-ring (bicyclic) bond motifs is 1. The Hall–Kier alpha value is -3.84. The van der Waals surface area contributed by atoms with E-state index in [1.54, 1.807) is 7.11 Å². The van der Waals surface area contributed by atoms with Crippen molar-refractivity contribution in [3.8, 4) is 11.5 Å². The van der Waals surface area contributed by atoms with Crippen LogP contribution in [0.2, 0.25) is 0 Å². The third-order valence-corrected chi connectivity index (χ3v) is 6.41.